The van der Waals surface area contributed by atoms with Gasteiger partial charge in [-0.15, -0.1) is 0 Å². The van der Waals surface area contributed by atoms with Crippen LogP contribution in [-0.4, -0.2) is 43.0 Å². The van der Waals surface area contributed by atoms with Crippen LogP contribution in [0.4, 0.5) is 0 Å². The fraction of sp³-hybridized carbons (Fsp3) is 0.364. The number of amides is 2. The molecule has 0 spiro atoms. The Morgan fingerprint density at radius 3 is 2.11 bits per heavy atom. The molecule has 1 aliphatic heterocycles. The molecule has 5 nitrogen and oxygen atoms in total. The first-order chi connectivity index (χ1) is 13.1. The Bertz CT molecular complexity index is 743. The van der Waals surface area contributed by atoms with E-state index in [9.17, 15) is 9.59 Å². The van der Waals surface area contributed by atoms with Gasteiger partial charge in [0.15, 0.2) is 0 Å². The minimum Gasteiger partial charge on any atom is -0.378 e. The highest BCUT2D eigenvalue weighted by Gasteiger charge is 2.28. The fourth-order valence-corrected chi connectivity index (χ4v) is 3.30. The second-order valence-corrected chi connectivity index (χ2v) is 6.86. The molecule has 5 heteroatoms. The molecule has 2 aromatic rings. The molecular weight excluding hydrogens is 340 g/mol. The maximum atomic E-state index is 13.0. The number of nitrogens with zero attached hydrogens (tertiary/aromatic N) is 1. The van der Waals surface area contributed by atoms with Gasteiger partial charge in [0.2, 0.25) is 11.8 Å². The van der Waals surface area contributed by atoms with Crippen molar-refractivity contribution in [2.24, 2.45) is 0 Å². The molecule has 2 unspecified atom stereocenters. The minimum atomic E-state index is -0.667. The van der Waals surface area contributed by atoms with Crippen molar-refractivity contribution in [2.75, 3.05) is 26.3 Å². The summed E-state index contributed by atoms with van der Waals surface area (Å²) in [5.74, 6) is -0.117. The van der Waals surface area contributed by atoms with Gasteiger partial charge in [-0.05, 0) is 17.0 Å². The van der Waals surface area contributed by atoms with E-state index in [1.54, 1.807) is 4.90 Å². The molecule has 3 rings (SSSR count). The molecule has 0 aromatic heterocycles. The van der Waals surface area contributed by atoms with Crippen molar-refractivity contribution < 1.29 is 14.3 Å². The topological polar surface area (TPSA) is 58.6 Å². The van der Waals surface area contributed by atoms with E-state index in [1.807, 2.05) is 67.6 Å². The molecule has 1 saturated heterocycles. The predicted octanol–water partition coefficient (Wildman–Crippen LogP) is 2.90. The Labute approximate surface area is 160 Å². The van der Waals surface area contributed by atoms with Crippen molar-refractivity contribution in [1.29, 1.82) is 0 Å². The average molecular weight is 366 g/mol. The summed E-state index contributed by atoms with van der Waals surface area (Å²) >= 11 is 0. The largest absolute Gasteiger partial charge is 0.378 e. The van der Waals surface area contributed by atoms with Gasteiger partial charge in [0, 0.05) is 19.5 Å². The molecule has 2 atom stereocenters. The molecule has 1 heterocycles. The van der Waals surface area contributed by atoms with Crippen LogP contribution in [0.3, 0.4) is 0 Å². The van der Waals surface area contributed by atoms with Gasteiger partial charge in [-0.25, -0.2) is 0 Å². The van der Waals surface area contributed by atoms with Gasteiger partial charge >= 0.3 is 0 Å². The van der Waals surface area contributed by atoms with Crippen molar-refractivity contribution in [1.82, 2.24) is 10.2 Å². The molecule has 0 bridgehead atoms. The molecule has 27 heavy (non-hydrogen) atoms. The number of benzene rings is 2. The minimum absolute atomic E-state index is 0.0785. The van der Waals surface area contributed by atoms with E-state index in [0.717, 1.165) is 11.1 Å². The quantitative estimate of drug-likeness (QED) is 0.855. The zero-order chi connectivity index (χ0) is 19.1. The number of nitrogens with one attached hydrogen (secondary N) is 1. The van der Waals surface area contributed by atoms with Crippen molar-refractivity contribution in [2.45, 2.75) is 25.3 Å². The van der Waals surface area contributed by atoms with E-state index in [4.69, 9.17) is 4.74 Å². The van der Waals surface area contributed by atoms with Crippen LogP contribution in [0.25, 0.3) is 0 Å². The molecular formula is C22H26N2O3. The van der Waals surface area contributed by atoms with Crippen molar-refractivity contribution in [3.63, 3.8) is 0 Å². The second-order valence-electron chi connectivity index (χ2n) is 6.86. The molecule has 2 amide bonds. The number of carbonyl (C=O) groups is 2. The highest BCUT2D eigenvalue weighted by Crippen LogP contribution is 2.21. The first kappa shape index (κ1) is 19.1. The summed E-state index contributed by atoms with van der Waals surface area (Å²) in [6.45, 7) is 4.20. The van der Waals surface area contributed by atoms with E-state index in [2.05, 4.69) is 5.32 Å². The zero-order valence-corrected chi connectivity index (χ0v) is 15.6. The smallest absolute Gasteiger partial charge is 0.249 e. The number of morpholine rings is 1. The van der Waals surface area contributed by atoms with E-state index < -0.39 is 6.04 Å². The van der Waals surface area contributed by atoms with Gasteiger partial charge < -0.3 is 15.0 Å². The summed E-state index contributed by atoms with van der Waals surface area (Å²) in [4.78, 5) is 27.5. The van der Waals surface area contributed by atoms with Crippen molar-refractivity contribution in [3.8, 4) is 0 Å². The number of carbonyl (C=O) groups excluding carboxylic acids is 2. The SMILES string of the molecule is CC(CC(=O)NC(C(=O)N1CCOCC1)c1ccccc1)c1ccccc1. The van der Waals surface area contributed by atoms with Gasteiger partial charge in [0.25, 0.3) is 0 Å². The highest BCUT2D eigenvalue weighted by atomic mass is 16.5. The van der Waals surface area contributed by atoms with Crippen molar-refractivity contribution >= 4 is 11.8 Å². The highest BCUT2D eigenvalue weighted by molar-refractivity contribution is 5.89. The van der Waals surface area contributed by atoms with Gasteiger partial charge in [0.05, 0.1) is 13.2 Å². The lowest BCUT2D eigenvalue weighted by atomic mass is 9.97. The van der Waals surface area contributed by atoms with Gasteiger partial charge in [-0.3, -0.25) is 9.59 Å². The first-order valence-corrected chi connectivity index (χ1v) is 9.41. The maximum Gasteiger partial charge on any atom is 0.249 e. The molecule has 142 valence electrons. The number of hydrogen-bond donors (Lipinski definition) is 1. The van der Waals surface area contributed by atoms with E-state index >= 15 is 0 Å². The molecule has 1 fully saturated rings. The summed E-state index contributed by atoms with van der Waals surface area (Å²) in [5.41, 5.74) is 1.91. The van der Waals surface area contributed by atoms with Crippen molar-refractivity contribution in [3.05, 3.63) is 71.8 Å². The van der Waals surface area contributed by atoms with Crippen LogP contribution in [0.2, 0.25) is 0 Å². The average Bonchev–Trinajstić information content (AvgIpc) is 2.73. The monoisotopic (exact) mass is 366 g/mol. The third-order valence-electron chi connectivity index (χ3n) is 4.87. The Morgan fingerprint density at radius 2 is 1.52 bits per heavy atom. The number of hydrogen-bond acceptors (Lipinski definition) is 3. The summed E-state index contributed by atoms with van der Waals surface area (Å²) < 4.78 is 5.34. The third kappa shape index (κ3) is 5.17. The standard InChI is InChI=1S/C22H26N2O3/c1-17(18-8-4-2-5-9-18)16-20(25)23-21(19-10-6-3-7-11-19)22(26)24-12-14-27-15-13-24/h2-11,17,21H,12-16H2,1H3,(H,23,25). The molecule has 1 N–H and O–H groups in total. The molecule has 0 radical (unpaired) electrons. The zero-order valence-electron chi connectivity index (χ0n) is 15.6. The van der Waals surface area contributed by atoms with Gasteiger partial charge in [0.1, 0.15) is 6.04 Å². The Kier molecular flexibility index (Phi) is 6.60. The summed E-state index contributed by atoms with van der Waals surface area (Å²) in [6, 6.07) is 18.7. The van der Waals surface area contributed by atoms with E-state index in [0.29, 0.717) is 32.7 Å². The Morgan fingerprint density at radius 1 is 0.963 bits per heavy atom. The lowest BCUT2D eigenvalue weighted by Gasteiger charge is -2.31. The molecule has 0 saturated carbocycles. The van der Waals surface area contributed by atoms with E-state index in [-0.39, 0.29) is 17.7 Å². The van der Waals surface area contributed by atoms with Crippen LogP contribution in [0.15, 0.2) is 60.7 Å². The van der Waals surface area contributed by atoms with Crippen LogP contribution < -0.4 is 5.32 Å². The Balaban J connectivity index is 1.71. The summed E-state index contributed by atoms with van der Waals surface area (Å²) in [6.07, 6.45) is 0.337. The summed E-state index contributed by atoms with van der Waals surface area (Å²) in [5, 5.41) is 2.96. The van der Waals surface area contributed by atoms with Crippen LogP contribution >= 0.6 is 0 Å². The Hall–Kier alpha value is -2.66. The first-order valence-electron chi connectivity index (χ1n) is 9.41. The fourth-order valence-electron chi connectivity index (χ4n) is 3.30. The molecule has 2 aromatic carbocycles. The lowest BCUT2D eigenvalue weighted by Crippen LogP contribution is -2.47. The van der Waals surface area contributed by atoms with Crippen LogP contribution in [0.5, 0.6) is 0 Å². The number of rotatable bonds is 6. The predicted molar refractivity (Wildman–Crippen MR) is 104 cm³/mol. The lowest BCUT2D eigenvalue weighted by molar-refractivity contribution is -0.140. The van der Waals surface area contributed by atoms with E-state index in [1.165, 1.54) is 0 Å². The molecule has 0 aliphatic carbocycles. The number of ether oxygens (including phenoxy) is 1. The van der Waals surface area contributed by atoms with Gasteiger partial charge in [-0.1, -0.05) is 67.6 Å². The van der Waals surface area contributed by atoms with Gasteiger partial charge in [-0.2, -0.15) is 0 Å². The third-order valence-corrected chi connectivity index (χ3v) is 4.87. The summed E-state index contributed by atoms with van der Waals surface area (Å²) in [7, 11) is 0. The maximum absolute atomic E-state index is 13.0. The second kappa shape index (κ2) is 9.33. The van der Waals surface area contributed by atoms with Crippen LogP contribution in [0.1, 0.15) is 36.4 Å². The molecule has 1 aliphatic rings. The van der Waals surface area contributed by atoms with Crippen LogP contribution in [-0.2, 0) is 14.3 Å². The normalized spacial score (nSPS) is 16.4. The van der Waals surface area contributed by atoms with Crippen LogP contribution in [0, 0.1) is 0 Å².